The van der Waals surface area contributed by atoms with Crippen LogP contribution in [0, 0.1) is 0 Å². The van der Waals surface area contributed by atoms with Crippen molar-refractivity contribution in [1.29, 1.82) is 0 Å². The van der Waals surface area contributed by atoms with Crippen LogP contribution in [0.5, 0.6) is 23.0 Å². The SMILES string of the molecule is CCOC(=O)C1=C(C)NC(=O)N[C@@H]1c1ccc(OCC(=O)N/N=C/c2ccc(OCc3ccc(C(=O)OCC)cc3)c(OC)c2)c(OC)c1. The van der Waals surface area contributed by atoms with E-state index in [1.165, 1.54) is 20.4 Å². The van der Waals surface area contributed by atoms with Crippen molar-refractivity contribution in [3.05, 3.63) is 94.2 Å². The van der Waals surface area contributed by atoms with Crippen LogP contribution >= 0.6 is 0 Å². The maximum Gasteiger partial charge on any atom is 0.338 e. The van der Waals surface area contributed by atoms with Gasteiger partial charge >= 0.3 is 18.0 Å². The zero-order chi connectivity index (χ0) is 35.3. The molecule has 0 saturated heterocycles. The molecular weight excluding hydrogens is 636 g/mol. The number of hydrogen-bond donors (Lipinski definition) is 3. The first-order chi connectivity index (χ1) is 23.7. The monoisotopic (exact) mass is 674 g/mol. The summed E-state index contributed by atoms with van der Waals surface area (Å²) in [5.74, 6) is 0.0310. The van der Waals surface area contributed by atoms with Crippen molar-refractivity contribution >= 4 is 30.1 Å². The summed E-state index contributed by atoms with van der Waals surface area (Å²) in [6, 6.07) is 15.7. The summed E-state index contributed by atoms with van der Waals surface area (Å²) in [6.07, 6.45) is 1.44. The third-order valence-electron chi connectivity index (χ3n) is 7.09. The van der Waals surface area contributed by atoms with Gasteiger partial charge < -0.3 is 39.1 Å². The van der Waals surface area contributed by atoms with Crippen LogP contribution in [0.15, 0.2) is 77.0 Å². The van der Waals surface area contributed by atoms with E-state index in [1.807, 2.05) is 0 Å². The summed E-state index contributed by atoms with van der Waals surface area (Å²) in [4.78, 5) is 49.1. The van der Waals surface area contributed by atoms with E-state index in [4.69, 9.17) is 28.4 Å². The Morgan fingerprint density at radius 2 is 1.49 bits per heavy atom. The van der Waals surface area contributed by atoms with Gasteiger partial charge in [-0.1, -0.05) is 18.2 Å². The van der Waals surface area contributed by atoms with E-state index in [2.05, 4.69) is 21.2 Å². The lowest BCUT2D eigenvalue weighted by Crippen LogP contribution is -2.45. The molecule has 0 unspecified atom stereocenters. The normalized spacial score (nSPS) is 14.0. The Morgan fingerprint density at radius 3 is 2.18 bits per heavy atom. The fourth-order valence-corrected chi connectivity index (χ4v) is 4.76. The molecule has 14 heteroatoms. The van der Waals surface area contributed by atoms with Gasteiger partial charge in [0.25, 0.3) is 5.91 Å². The van der Waals surface area contributed by atoms with Crippen molar-refractivity contribution in [3.63, 3.8) is 0 Å². The van der Waals surface area contributed by atoms with Crippen LogP contribution in [0.2, 0.25) is 0 Å². The van der Waals surface area contributed by atoms with Gasteiger partial charge in [-0.3, -0.25) is 4.79 Å². The van der Waals surface area contributed by atoms with Gasteiger partial charge in [-0.15, -0.1) is 0 Å². The summed E-state index contributed by atoms with van der Waals surface area (Å²) in [6.45, 7) is 5.42. The molecule has 49 heavy (non-hydrogen) atoms. The predicted octanol–water partition coefficient (Wildman–Crippen LogP) is 4.18. The summed E-state index contributed by atoms with van der Waals surface area (Å²) in [7, 11) is 2.94. The zero-order valence-electron chi connectivity index (χ0n) is 27.8. The van der Waals surface area contributed by atoms with Gasteiger partial charge in [0, 0.05) is 5.70 Å². The molecule has 0 fully saturated rings. The number of methoxy groups -OCH3 is 2. The van der Waals surface area contributed by atoms with Crippen molar-refractivity contribution in [2.24, 2.45) is 5.10 Å². The molecule has 1 aliphatic rings. The highest BCUT2D eigenvalue weighted by Gasteiger charge is 2.32. The first kappa shape index (κ1) is 35.8. The molecule has 258 valence electrons. The molecule has 14 nitrogen and oxygen atoms in total. The van der Waals surface area contributed by atoms with E-state index in [1.54, 1.807) is 81.4 Å². The molecule has 0 aliphatic carbocycles. The Balaban J connectivity index is 1.32. The number of esters is 2. The van der Waals surface area contributed by atoms with E-state index < -0.39 is 23.9 Å². The van der Waals surface area contributed by atoms with Crippen molar-refractivity contribution in [2.75, 3.05) is 34.0 Å². The van der Waals surface area contributed by atoms with Gasteiger partial charge in [0.15, 0.2) is 29.6 Å². The van der Waals surface area contributed by atoms with E-state index in [-0.39, 0.29) is 42.9 Å². The van der Waals surface area contributed by atoms with E-state index in [0.717, 1.165) is 5.56 Å². The lowest BCUT2D eigenvalue weighted by Gasteiger charge is -2.28. The maximum absolute atomic E-state index is 12.6. The minimum absolute atomic E-state index is 0.173. The smallest absolute Gasteiger partial charge is 0.338 e. The Hall–Kier alpha value is -6.05. The van der Waals surface area contributed by atoms with Crippen molar-refractivity contribution in [1.82, 2.24) is 16.1 Å². The average Bonchev–Trinajstić information content (AvgIpc) is 3.10. The molecular formula is C35H38N4O10. The van der Waals surface area contributed by atoms with E-state index in [0.29, 0.717) is 40.5 Å². The zero-order valence-corrected chi connectivity index (χ0v) is 27.8. The number of hydrazone groups is 1. The number of ether oxygens (including phenoxy) is 6. The number of hydrogen-bond acceptors (Lipinski definition) is 11. The third-order valence-corrected chi connectivity index (χ3v) is 7.09. The largest absolute Gasteiger partial charge is 0.493 e. The van der Waals surface area contributed by atoms with Gasteiger partial charge in [-0.25, -0.2) is 19.8 Å². The van der Waals surface area contributed by atoms with Gasteiger partial charge in [0.05, 0.1) is 50.8 Å². The van der Waals surface area contributed by atoms with Crippen LogP contribution in [0.4, 0.5) is 4.79 Å². The molecule has 0 saturated carbocycles. The van der Waals surface area contributed by atoms with Gasteiger partial charge in [0.2, 0.25) is 0 Å². The molecule has 3 amide bonds. The topological polar surface area (TPSA) is 172 Å². The lowest BCUT2D eigenvalue weighted by molar-refractivity contribution is -0.139. The number of nitrogens with one attached hydrogen (secondary N) is 3. The Morgan fingerprint density at radius 1 is 0.837 bits per heavy atom. The van der Waals surface area contributed by atoms with Crippen molar-refractivity contribution in [2.45, 2.75) is 33.4 Å². The van der Waals surface area contributed by atoms with Crippen LogP contribution in [0.25, 0.3) is 0 Å². The number of carbonyl (C=O) groups is 4. The molecule has 1 atom stereocenters. The van der Waals surface area contributed by atoms with Gasteiger partial charge in [-0.05, 0) is 79.9 Å². The van der Waals surface area contributed by atoms with Crippen LogP contribution < -0.4 is 35.0 Å². The summed E-state index contributed by atoms with van der Waals surface area (Å²) < 4.78 is 32.7. The Kier molecular flexibility index (Phi) is 12.6. The van der Waals surface area contributed by atoms with Crippen LogP contribution in [-0.2, 0) is 25.7 Å². The maximum atomic E-state index is 12.6. The number of allylic oxidation sites excluding steroid dienone is 1. The molecule has 3 aromatic carbocycles. The molecule has 0 aromatic heterocycles. The number of amides is 3. The van der Waals surface area contributed by atoms with Crippen molar-refractivity contribution < 1.29 is 47.6 Å². The van der Waals surface area contributed by atoms with Crippen LogP contribution in [0.1, 0.15) is 53.9 Å². The second-order valence-corrected chi connectivity index (χ2v) is 10.4. The average molecular weight is 675 g/mol. The Bertz CT molecular complexity index is 1740. The number of benzene rings is 3. The minimum Gasteiger partial charge on any atom is -0.493 e. The minimum atomic E-state index is -0.788. The number of rotatable bonds is 15. The quantitative estimate of drug-likeness (QED) is 0.121. The molecule has 4 rings (SSSR count). The molecule has 0 spiro atoms. The first-order valence-electron chi connectivity index (χ1n) is 15.3. The molecule has 0 radical (unpaired) electrons. The molecule has 3 aromatic rings. The molecule has 0 bridgehead atoms. The highest BCUT2D eigenvalue weighted by molar-refractivity contribution is 5.95. The van der Waals surface area contributed by atoms with Crippen LogP contribution in [0.3, 0.4) is 0 Å². The fourth-order valence-electron chi connectivity index (χ4n) is 4.76. The first-order valence-corrected chi connectivity index (χ1v) is 15.3. The van der Waals surface area contributed by atoms with E-state index >= 15 is 0 Å². The van der Waals surface area contributed by atoms with Crippen molar-refractivity contribution in [3.8, 4) is 23.0 Å². The highest BCUT2D eigenvalue weighted by Crippen LogP contribution is 2.34. The second kappa shape index (κ2) is 17.2. The summed E-state index contributed by atoms with van der Waals surface area (Å²) in [5, 5.41) is 9.31. The third kappa shape index (κ3) is 9.50. The number of carbonyl (C=O) groups excluding carboxylic acids is 4. The van der Waals surface area contributed by atoms with Crippen LogP contribution in [-0.4, -0.2) is 64.1 Å². The molecule has 1 heterocycles. The lowest BCUT2D eigenvalue weighted by atomic mass is 9.95. The second-order valence-electron chi connectivity index (χ2n) is 10.4. The summed E-state index contributed by atoms with van der Waals surface area (Å²) in [5.41, 5.74) is 5.54. The number of urea groups is 1. The molecule has 3 N–H and O–H groups in total. The predicted molar refractivity (Wildman–Crippen MR) is 178 cm³/mol. The van der Waals surface area contributed by atoms with Gasteiger partial charge in [-0.2, -0.15) is 5.10 Å². The number of nitrogens with zero attached hydrogens (tertiary/aromatic N) is 1. The Labute approximate surface area is 283 Å². The summed E-state index contributed by atoms with van der Waals surface area (Å²) >= 11 is 0. The fraction of sp³-hybridized carbons (Fsp3) is 0.286. The van der Waals surface area contributed by atoms with E-state index in [9.17, 15) is 19.2 Å². The molecule has 1 aliphatic heterocycles. The standard InChI is InChI=1S/C35H38N4O10/c1-6-46-33(41)24-11-8-22(9-12-24)19-48-26-14-10-23(16-28(26)44-4)18-36-39-30(40)20-49-27-15-13-25(17-29(27)45-5)32-31(34(42)47-7-2)21(3)37-35(43)38-32/h8-18,32H,6-7,19-20H2,1-5H3,(H,39,40)(H2,37,38,43)/b36-18+/t32-/m1/s1. The highest BCUT2D eigenvalue weighted by atomic mass is 16.5. The van der Waals surface area contributed by atoms with Gasteiger partial charge in [0.1, 0.15) is 6.61 Å².